The first-order valence-corrected chi connectivity index (χ1v) is 9.82. The fourth-order valence-corrected chi connectivity index (χ4v) is 4.22. The zero-order valence-corrected chi connectivity index (χ0v) is 15.6. The minimum Gasteiger partial charge on any atom is -0.380 e. The number of aryl methyl sites for hydroxylation is 1. The van der Waals surface area contributed by atoms with Gasteiger partial charge in [-0.25, -0.2) is 0 Å². The van der Waals surface area contributed by atoms with E-state index in [0.29, 0.717) is 5.69 Å². The standard InChI is InChI=1S/C19H23N5OS/c1-22-18(7-8-20-22)19(25)17-13-15-14-23(9-10-24(15)21-17)11-12-26-16-5-3-2-4-6-16/h2-8,13,19,25H,9-12,14H2,1H3/t19-/m1/s1. The van der Waals surface area contributed by atoms with Crippen LogP contribution in [0.3, 0.4) is 0 Å². The van der Waals surface area contributed by atoms with E-state index in [2.05, 4.69) is 39.4 Å². The second kappa shape index (κ2) is 7.65. The van der Waals surface area contributed by atoms with Gasteiger partial charge in [0.05, 0.1) is 23.6 Å². The number of benzene rings is 1. The van der Waals surface area contributed by atoms with Crippen LogP contribution in [0.1, 0.15) is 23.2 Å². The summed E-state index contributed by atoms with van der Waals surface area (Å²) in [5, 5.41) is 19.3. The summed E-state index contributed by atoms with van der Waals surface area (Å²) in [7, 11) is 1.83. The number of hydrogen-bond acceptors (Lipinski definition) is 5. The average molecular weight is 369 g/mol. The van der Waals surface area contributed by atoms with Crippen LogP contribution in [-0.2, 0) is 20.1 Å². The van der Waals surface area contributed by atoms with Crippen molar-refractivity contribution in [3.05, 3.63) is 65.7 Å². The minimum atomic E-state index is -0.734. The molecule has 26 heavy (non-hydrogen) atoms. The number of aliphatic hydroxyl groups is 1. The molecule has 1 atom stereocenters. The van der Waals surface area contributed by atoms with Crippen LogP contribution in [0.4, 0.5) is 0 Å². The summed E-state index contributed by atoms with van der Waals surface area (Å²) in [6.07, 6.45) is 0.961. The maximum atomic E-state index is 10.6. The predicted molar refractivity (Wildman–Crippen MR) is 102 cm³/mol. The molecule has 3 heterocycles. The van der Waals surface area contributed by atoms with Crippen molar-refractivity contribution < 1.29 is 5.11 Å². The third-order valence-corrected chi connectivity index (χ3v) is 5.73. The second-order valence-electron chi connectivity index (χ2n) is 6.50. The third kappa shape index (κ3) is 3.70. The molecule has 1 N–H and O–H groups in total. The number of thioether (sulfide) groups is 1. The molecule has 0 unspecified atom stereocenters. The maximum absolute atomic E-state index is 10.6. The van der Waals surface area contributed by atoms with Crippen molar-refractivity contribution in [2.45, 2.75) is 24.1 Å². The zero-order chi connectivity index (χ0) is 17.9. The SMILES string of the molecule is Cn1nccc1[C@H](O)c1cc2n(n1)CCN(CCSc1ccccc1)C2. The maximum Gasteiger partial charge on any atom is 0.139 e. The van der Waals surface area contributed by atoms with Crippen molar-refractivity contribution in [2.75, 3.05) is 18.8 Å². The lowest BCUT2D eigenvalue weighted by Crippen LogP contribution is -2.35. The molecule has 1 aliphatic rings. The van der Waals surface area contributed by atoms with Crippen LogP contribution in [0.2, 0.25) is 0 Å². The van der Waals surface area contributed by atoms with Crippen molar-refractivity contribution >= 4 is 11.8 Å². The summed E-state index contributed by atoms with van der Waals surface area (Å²) in [6.45, 7) is 3.78. The van der Waals surface area contributed by atoms with E-state index in [1.54, 1.807) is 10.9 Å². The molecule has 7 heteroatoms. The second-order valence-corrected chi connectivity index (χ2v) is 7.67. The minimum absolute atomic E-state index is 0.698. The van der Waals surface area contributed by atoms with Crippen LogP contribution in [-0.4, -0.2) is 48.4 Å². The Balaban J connectivity index is 1.37. The van der Waals surface area contributed by atoms with E-state index in [0.717, 1.165) is 43.3 Å². The number of aromatic nitrogens is 4. The van der Waals surface area contributed by atoms with Gasteiger partial charge >= 0.3 is 0 Å². The fourth-order valence-electron chi connectivity index (χ4n) is 3.28. The first kappa shape index (κ1) is 17.3. The highest BCUT2D eigenvalue weighted by Crippen LogP contribution is 2.24. The molecule has 0 spiro atoms. The zero-order valence-electron chi connectivity index (χ0n) is 14.8. The quantitative estimate of drug-likeness (QED) is 0.676. The van der Waals surface area contributed by atoms with E-state index >= 15 is 0 Å². The lowest BCUT2D eigenvalue weighted by atomic mass is 10.1. The topological polar surface area (TPSA) is 59.1 Å². The lowest BCUT2D eigenvalue weighted by molar-refractivity contribution is 0.201. The molecule has 2 aromatic heterocycles. The molecule has 0 fully saturated rings. The molecule has 0 aliphatic carbocycles. The Kier molecular flexibility index (Phi) is 5.10. The van der Waals surface area contributed by atoms with E-state index in [4.69, 9.17) is 0 Å². The largest absolute Gasteiger partial charge is 0.380 e. The van der Waals surface area contributed by atoms with Crippen LogP contribution in [0.15, 0.2) is 53.6 Å². The monoisotopic (exact) mass is 369 g/mol. The van der Waals surface area contributed by atoms with Gasteiger partial charge in [0, 0.05) is 43.5 Å². The van der Waals surface area contributed by atoms with E-state index < -0.39 is 6.10 Å². The molecule has 0 bridgehead atoms. The van der Waals surface area contributed by atoms with Crippen molar-refractivity contribution in [3.63, 3.8) is 0 Å². The molecule has 0 radical (unpaired) electrons. The van der Waals surface area contributed by atoms with Gasteiger partial charge in [-0.15, -0.1) is 11.8 Å². The summed E-state index contributed by atoms with van der Waals surface area (Å²) in [6, 6.07) is 14.4. The van der Waals surface area contributed by atoms with Gasteiger partial charge in [-0.05, 0) is 24.3 Å². The number of fused-ring (bicyclic) bond motifs is 1. The van der Waals surface area contributed by atoms with E-state index in [9.17, 15) is 5.11 Å². The number of hydrogen-bond donors (Lipinski definition) is 1. The Morgan fingerprint density at radius 1 is 1.19 bits per heavy atom. The van der Waals surface area contributed by atoms with Gasteiger partial charge in [-0.1, -0.05) is 18.2 Å². The Bertz CT molecular complexity index is 860. The number of aliphatic hydroxyl groups excluding tert-OH is 1. The van der Waals surface area contributed by atoms with Crippen LogP contribution < -0.4 is 0 Å². The summed E-state index contributed by atoms with van der Waals surface area (Å²) >= 11 is 1.89. The van der Waals surface area contributed by atoms with Gasteiger partial charge in [-0.3, -0.25) is 14.3 Å². The molecule has 0 saturated carbocycles. The Morgan fingerprint density at radius 3 is 2.81 bits per heavy atom. The highest BCUT2D eigenvalue weighted by Gasteiger charge is 2.23. The van der Waals surface area contributed by atoms with Gasteiger partial charge in [-0.2, -0.15) is 10.2 Å². The number of nitrogens with zero attached hydrogens (tertiary/aromatic N) is 5. The van der Waals surface area contributed by atoms with Gasteiger partial charge in [0.15, 0.2) is 0 Å². The average Bonchev–Trinajstić information content (AvgIpc) is 3.28. The molecule has 3 aromatic rings. The first-order chi connectivity index (χ1) is 12.7. The summed E-state index contributed by atoms with van der Waals surface area (Å²) < 4.78 is 3.71. The lowest BCUT2D eigenvalue weighted by Gasteiger charge is -2.27. The van der Waals surface area contributed by atoms with Crippen LogP contribution >= 0.6 is 11.8 Å². The molecule has 136 valence electrons. The smallest absolute Gasteiger partial charge is 0.139 e. The van der Waals surface area contributed by atoms with Gasteiger partial charge in [0.1, 0.15) is 6.10 Å². The van der Waals surface area contributed by atoms with Gasteiger partial charge < -0.3 is 5.11 Å². The van der Waals surface area contributed by atoms with E-state index in [1.165, 1.54) is 4.90 Å². The van der Waals surface area contributed by atoms with Crippen molar-refractivity contribution in [1.82, 2.24) is 24.5 Å². The Hall–Kier alpha value is -2.09. The molecule has 1 aliphatic heterocycles. The molecular formula is C19H23N5OS. The first-order valence-electron chi connectivity index (χ1n) is 8.83. The van der Waals surface area contributed by atoms with Crippen LogP contribution in [0.5, 0.6) is 0 Å². The Morgan fingerprint density at radius 2 is 2.04 bits per heavy atom. The summed E-state index contributed by atoms with van der Waals surface area (Å²) in [5.41, 5.74) is 2.62. The fraction of sp³-hybridized carbons (Fsp3) is 0.368. The molecule has 0 saturated heterocycles. The highest BCUT2D eigenvalue weighted by atomic mass is 32.2. The molecular weight excluding hydrogens is 346 g/mol. The molecule has 4 rings (SSSR count). The van der Waals surface area contributed by atoms with Crippen molar-refractivity contribution in [1.29, 1.82) is 0 Å². The summed E-state index contributed by atoms with van der Waals surface area (Å²) in [4.78, 5) is 3.77. The van der Waals surface area contributed by atoms with Crippen LogP contribution in [0.25, 0.3) is 0 Å². The third-order valence-electron chi connectivity index (χ3n) is 4.73. The summed E-state index contributed by atoms with van der Waals surface area (Å²) in [5.74, 6) is 1.07. The Labute approximate surface area is 157 Å². The van der Waals surface area contributed by atoms with Crippen LogP contribution in [0, 0.1) is 0 Å². The normalized spacial score (nSPS) is 15.8. The predicted octanol–water partition coefficient (Wildman–Crippen LogP) is 2.31. The van der Waals surface area contributed by atoms with Crippen molar-refractivity contribution in [2.24, 2.45) is 7.05 Å². The van der Waals surface area contributed by atoms with Crippen molar-refractivity contribution in [3.8, 4) is 0 Å². The molecule has 6 nitrogen and oxygen atoms in total. The highest BCUT2D eigenvalue weighted by molar-refractivity contribution is 7.99. The molecule has 0 amide bonds. The van der Waals surface area contributed by atoms with Gasteiger partial charge in [0.2, 0.25) is 0 Å². The van der Waals surface area contributed by atoms with E-state index in [1.807, 2.05) is 41.7 Å². The number of rotatable bonds is 6. The van der Waals surface area contributed by atoms with E-state index in [-0.39, 0.29) is 0 Å². The molecule has 1 aromatic carbocycles. The van der Waals surface area contributed by atoms with Gasteiger partial charge in [0.25, 0.3) is 0 Å².